The molecule has 32 heavy (non-hydrogen) atoms. The van der Waals surface area contributed by atoms with E-state index in [-0.39, 0.29) is 23.8 Å². The SMILES string of the molecule is COc1ccc2c(c1OC)C(=O)O[C@H]2CC(=O)Nc1cccc(-c2n[nH]c(C(C)C)n2)c1. The fraction of sp³-hybridized carbons (Fsp3) is 0.304. The van der Waals surface area contributed by atoms with Crippen LogP contribution in [0.25, 0.3) is 11.4 Å². The summed E-state index contributed by atoms with van der Waals surface area (Å²) in [6, 6.07) is 10.7. The van der Waals surface area contributed by atoms with Crippen molar-refractivity contribution in [1.29, 1.82) is 0 Å². The highest BCUT2D eigenvalue weighted by Crippen LogP contribution is 2.43. The summed E-state index contributed by atoms with van der Waals surface area (Å²) in [7, 11) is 2.95. The fourth-order valence-electron chi connectivity index (χ4n) is 3.60. The third-order valence-corrected chi connectivity index (χ3v) is 5.20. The number of anilines is 1. The second-order valence-electron chi connectivity index (χ2n) is 7.69. The third-order valence-electron chi connectivity index (χ3n) is 5.20. The molecule has 9 heteroatoms. The number of carbonyl (C=O) groups excluding carboxylic acids is 2. The minimum Gasteiger partial charge on any atom is -0.493 e. The highest BCUT2D eigenvalue weighted by atomic mass is 16.6. The predicted molar refractivity (Wildman–Crippen MR) is 117 cm³/mol. The van der Waals surface area contributed by atoms with E-state index < -0.39 is 12.1 Å². The van der Waals surface area contributed by atoms with E-state index in [1.165, 1.54) is 14.2 Å². The van der Waals surface area contributed by atoms with Crippen molar-refractivity contribution in [1.82, 2.24) is 15.2 Å². The van der Waals surface area contributed by atoms with Gasteiger partial charge < -0.3 is 19.5 Å². The Hall–Kier alpha value is -3.88. The minimum atomic E-state index is -0.706. The van der Waals surface area contributed by atoms with Crippen molar-refractivity contribution in [3.05, 3.63) is 53.3 Å². The van der Waals surface area contributed by atoms with Crippen LogP contribution in [-0.4, -0.2) is 41.3 Å². The van der Waals surface area contributed by atoms with Crippen molar-refractivity contribution in [2.24, 2.45) is 0 Å². The smallest absolute Gasteiger partial charge is 0.343 e. The minimum absolute atomic E-state index is 0.0311. The maximum absolute atomic E-state index is 12.7. The van der Waals surface area contributed by atoms with Crippen LogP contribution in [0.4, 0.5) is 5.69 Å². The van der Waals surface area contributed by atoms with Crippen molar-refractivity contribution in [3.8, 4) is 22.9 Å². The number of benzene rings is 2. The Morgan fingerprint density at radius 1 is 1.22 bits per heavy atom. The van der Waals surface area contributed by atoms with Gasteiger partial charge in [0.25, 0.3) is 0 Å². The molecule has 0 spiro atoms. The monoisotopic (exact) mass is 436 g/mol. The van der Waals surface area contributed by atoms with Crippen LogP contribution in [0.2, 0.25) is 0 Å². The maximum Gasteiger partial charge on any atom is 0.343 e. The number of hydrogen-bond donors (Lipinski definition) is 2. The molecule has 166 valence electrons. The molecule has 0 bridgehead atoms. The van der Waals surface area contributed by atoms with Gasteiger partial charge in [0.1, 0.15) is 17.5 Å². The molecule has 2 heterocycles. The van der Waals surface area contributed by atoms with Crippen LogP contribution in [0.15, 0.2) is 36.4 Å². The number of nitrogens with one attached hydrogen (secondary N) is 2. The van der Waals surface area contributed by atoms with Gasteiger partial charge in [-0.05, 0) is 18.2 Å². The Morgan fingerprint density at radius 3 is 2.72 bits per heavy atom. The molecule has 4 rings (SSSR count). The summed E-state index contributed by atoms with van der Waals surface area (Å²) in [6.45, 7) is 4.06. The van der Waals surface area contributed by atoms with Gasteiger partial charge >= 0.3 is 5.97 Å². The lowest BCUT2D eigenvalue weighted by Gasteiger charge is -2.13. The first kappa shape index (κ1) is 21.4. The number of H-pyrrole nitrogens is 1. The molecule has 0 aliphatic carbocycles. The van der Waals surface area contributed by atoms with Crippen LogP contribution in [0.5, 0.6) is 11.5 Å². The number of hydrogen-bond acceptors (Lipinski definition) is 7. The molecule has 1 aromatic heterocycles. The van der Waals surface area contributed by atoms with Crippen molar-refractivity contribution in [2.75, 3.05) is 19.5 Å². The molecule has 1 aliphatic heterocycles. The Balaban J connectivity index is 1.49. The first-order chi connectivity index (χ1) is 15.4. The average molecular weight is 436 g/mol. The van der Waals surface area contributed by atoms with Crippen molar-refractivity contribution in [2.45, 2.75) is 32.3 Å². The topological polar surface area (TPSA) is 115 Å². The quantitative estimate of drug-likeness (QED) is 0.541. The second kappa shape index (κ2) is 8.70. The number of fused-ring (bicyclic) bond motifs is 1. The van der Waals surface area contributed by atoms with E-state index in [2.05, 4.69) is 20.5 Å². The predicted octanol–water partition coefficient (Wildman–Crippen LogP) is 3.85. The zero-order valence-corrected chi connectivity index (χ0v) is 18.3. The number of aromatic amines is 1. The van der Waals surface area contributed by atoms with Gasteiger partial charge in [-0.15, -0.1) is 0 Å². The molecule has 1 amide bonds. The molecule has 3 aromatic rings. The van der Waals surface area contributed by atoms with Crippen LogP contribution in [0.3, 0.4) is 0 Å². The van der Waals surface area contributed by atoms with E-state index in [0.717, 1.165) is 11.4 Å². The lowest BCUT2D eigenvalue weighted by atomic mass is 10.0. The van der Waals surface area contributed by atoms with Gasteiger partial charge in [0.2, 0.25) is 5.91 Å². The molecule has 9 nitrogen and oxygen atoms in total. The van der Waals surface area contributed by atoms with E-state index in [1.54, 1.807) is 24.3 Å². The number of amides is 1. The largest absolute Gasteiger partial charge is 0.493 e. The standard InChI is InChI=1S/C23H24N4O5/c1-12(2)21-25-22(27-26-21)13-6-5-7-14(10-13)24-18(28)11-17-15-8-9-16(30-3)20(31-4)19(15)23(29)32-17/h5-10,12,17H,11H2,1-4H3,(H,24,28)(H,25,26,27)/t17-/m0/s1. The number of rotatable bonds is 7. The normalized spacial score (nSPS) is 14.8. The summed E-state index contributed by atoms with van der Waals surface area (Å²) < 4.78 is 16.0. The molecular formula is C23H24N4O5. The number of carbonyl (C=O) groups is 2. The Kier molecular flexibility index (Phi) is 5.81. The summed E-state index contributed by atoms with van der Waals surface area (Å²) >= 11 is 0. The molecule has 2 N–H and O–H groups in total. The summed E-state index contributed by atoms with van der Waals surface area (Å²) in [5, 5.41) is 10.0. The molecule has 0 saturated carbocycles. The maximum atomic E-state index is 12.7. The number of methoxy groups -OCH3 is 2. The number of aromatic nitrogens is 3. The number of ether oxygens (including phenoxy) is 3. The van der Waals surface area contributed by atoms with E-state index in [4.69, 9.17) is 14.2 Å². The van der Waals surface area contributed by atoms with Gasteiger partial charge in [0.05, 0.1) is 20.6 Å². The molecule has 1 atom stereocenters. The zero-order valence-electron chi connectivity index (χ0n) is 18.3. The third kappa shape index (κ3) is 4.01. The average Bonchev–Trinajstić information content (AvgIpc) is 3.39. The van der Waals surface area contributed by atoms with Gasteiger partial charge in [-0.2, -0.15) is 5.10 Å². The van der Waals surface area contributed by atoms with Gasteiger partial charge in [-0.25, -0.2) is 9.78 Å². The molecule has 1 aliphatic rings. The molecule has 0 unspecified atom stereocenters. The van der Waals surface area contributed by atoms with E-state index in [9.17, 15) is 9.59 Å². The second-order valence-corrected chi connectivity index (χ2v) is 7.69. The number of nitrogens with zero attached hydrogens (tertiary/aromatic N) is 2. The Labute approximate surface area is 185 Å². The summed E-state index contributed by atoms with van der Waals surface area (Å²) in [6.07, 6.45) is -0.738. The Bertz CT molecular complexity index is 1170. The van der Waals surface area contributed by atoms with Gasteiger partial charge in [0.15, 0.2) is 17.3 Å². The van der Waals surface area contributed by atoms with E-state index in [0.29, 0.717) is 28.6 Å². The van der Waals surface area contributed by atoms with Crippen molar-refractivity contribution < 1.29 is 23.8 Å². The van der Waals surface area contributed by atoms with Crippen LogP contribution in [-0.2, 0) is 9.53 Å². The molecule has 0 saturated heterocycles. The van der Waals surface area contributed by atoms with Gasteiger partial charge in [0, 0.05) is 22.7 Å². The zero-order chi connectivity index (χ0) is 22.8. The first-order valence-corrected chi connectivity index (χ1v) is 10.2. The van der Waals surface area contributed by atoms with Crippen LogP contribution in [0, 0.1) is 0 Å². The lowest BCUT2D eigenvalue weighted by molar-refractivity contribution is -0.118. The highest BCUT2D eigenvalue weighted by molar-refractivity contribution is 5.99. The molecular weight excluding hydrogens is 412 g/mol. The summed E-state index contributed by atoms with van der Waals surface area (Å²) in [4.78, 5) is 29.6. The summed E-state index contributed by atoms with van der Waals surface area (Å²) in [5.41, 5.74) is 2.26. The van der Waals surface area contributed by atoms with Crippen LogP contribution >= 0.6 is 0 Å². The highest BCUT2D eigenvalue weighted by Gasteiger charge is 2.36. The van der Waals surface area contributed by atoms with E-state index >= 15 is 0 Å². The molecule has 0 fully saturated rings. The van der Waals surface area contributed by atoms with Gasteiger partial charge in [-0.1, -0.05) is 32.0 Å². The van der Waals surface area contributed by atoms with Gasteiger partial charge in [-0.3, -0.25) is 9.89 Å². The molecule has 0 radical (unpaired) electrons. The first-order valence-electron chi connectivity index (χ1n) is 10.2. The fourth-order valence-corrected chi connectivity index (χ4v) is 3.60. The Morgan fingerprint density at radius 2 is 2.03 bits per heavy atom. The molecule has 2 aromatic carbocycles. The van der Waals surface area contributed by atoms with Crippen molar-refractivity contribution in [3.63, 3.8) is 0 Å². The van der Waals surface area contributed by atoms with Crippen molar-refractivity contribution >= 4 is 17.6 Å². The lowest BCUT2D eigenvalue weighted by Crippen LogP contribution is -2.15. The van der Waals surface area contributed by atoms with Crippen LogP contribution < -0.4 is 14.8 Å². The number of esters is 1. The van der Waals surface area contributed by atoms with Crippen LogP contribution in [0.1, 0.15) is 54.0 Å². The number of cyclic esters (lactones) is 1. The van der Waals surface area contributed by atoms with E-state index in [1.807, 2.05) is 26.0 Å². The summed E-state index contributed by atoms with van der Waals surface area (Å²) in [5.74, 6) is 1.49.